The molecular weight excluding hydrogens is 284 g/mol. The van der Waals surface area contributed by atoms with Crippen LogP contribution in [-0.2, 0) is 4.79 Å². The van der Waals surface area contributed by atoms with E-state index in [2.05, 4.69) is 0 Å². The molecule has 1 aliphatic rings. The largest absolute Gasteiger partial charge is 0.504 e. The number of methoxy groups -OCH3 is 2. The Morgan fingerprint density at radius 3 is 2.68 bits per heavy atom. The van der Waals surface area contributed by atoms with Gasteiger partial charge in [0.1, 0.15) is 11.5 Å². The number of phenols is 1. The van der Waals surface area contributed by atoms with Gasteiger partial charge in [-0.15, -0.1) is 0 Å². The zero-order valence-electron chi connectivity index (χ0n) is 12.3. The molecule has 0 bridgehead atoms. The fourth-order valence-corrected chi connectivity index (χ4v) is 2.67. The van der Waals surface area contributed by atoms with Crippen LogP contribution in [0.3, 0.4) is 0 Å². The highest BCUT2D eigenvalue weighted by Gasteiger charge is 2.29. The number of hydrogen-bond donors (Lipinski definition) is 1. The van der Waals surface area contributed by atoms with E-state index in [9.17, 15) is 9.90 Å². The number of phenolic OH excluding ortho intramolecular Hbond substituents is 1. The van der Waals surface area contributed by atoms with E-state index in [0.717, 1.165) is 11.1 Å². The first-order chi connectivity index (χ1) is 10.6. The topological polar surface area (TPSA) is 65.0 Å². The molecule has 1 aliphatic heterocycles. The summed E-state index contributed by atoms with van der Waals surface area (Å²) in [4.78, 5) is 11.9. The zero-order chi connectivity index (χ0) is 15.7. The number of aromatic hydroxyl groups is 1. The van der Waals surface area contributed by atoms with Gasteiger partial charge in [0.25, 0.3) is 0 Å². The summed E-state index contributed by atoms with van der Waals surface area (Å²) in [6.07, 6.45) is 0.243. The SMILES string of the molecule is COc1ccc2c(c1)OC(=O)C[C@H]2c1ccc(O)c(OC)c1. The van der Waals surface area contributed by atoms with Crippen LogP contribution in [0, 0.1) is 0 Å². The van der Waals surface area contributed by atoms with E-state index >= 15 is 0 Å². The molecular formula is C17H16O5. The molecule has 3 rings (SSSR count). The number of carbonyl (C=O) groups excluding carboxylic acids is 1. The van der Waals surface area contributed by atoms with Crippen molar-refractivity contribution < 1.29 is 24.1 Å². The highest BCUT2D eigenvalue weighted by atomic mass is 16.5. The Hall–Kier alpha value is -2.69. The van der Waals surface area contributed by atoms with Crippen LogP contribution in [0.5, 0.6) is 23.0 Å². The number of fused-ring (bicyclic) bond motifs is 1. The van der Waals surface area contributed by atoms with Crippen molar-refractivity contribution in [2.45, 2.75) is 12.3 Å². The summed E-state index contributed by atoms with van der Waals surface area (Å²) in [5.41, 5.74) is 1.80. The summed E-state index contributed by atoms with van der Waals surface area (Å²) in [5, 5.41) is 9.72. The maximum Gasteiger partial charge on any atom is 0.312 e. The van der Waals surface area contributed by atoms with Crippen LogP contribution in [-0.4, -0.2) is 25.3 Å². The second-order valence-electron chi connectivity index (χ2n) is 5.07. The van der Waals surface area contributed by atoms with E-state index in [0.29, 0.717) is 17.2 Å². The predicted octanol–water partition coefficient (Wildman–Crippen LogP) is 2.85. The first-order valence-electron chi connectivity index (χ1n) is 6.88. The normalized spacial score (nSPS) is 16.6. The molecule has 22 heavy (non-hydrogen) atoms. The quantitative estimate of drug-likeness (QED) is 0.697. The lowest BCUT2D eigenvalue weighted by Crippen LogP contribution is -2.21. The van der Waals surface area contributed by atoms with Gasteiger partial charge in [-0.05, 0) is 23.8 Å². The average Bonchev–Trinajstić information content (AvgIpc) is 2.53. The Morgan fingerprint density at radius 1 is 1.14 bits per heavy atom. The summed E-state index contributed by atoms with van der Waals surface area (Å²) in [5.74, 6) is 1.16. The Bertz CT molecular complexity index is 723. The van der Waals surface area contributed by atoms with Crippen molar-refractivity contribution >= 4 is 5.97 Å². The summed E-state index contributed by atoms with van der Waals surface area (Å²) in [6, 6.07) is 10.5. The van der Waals surface area contributed by atoms with E-state index in [4.69, 9.17) is 14.2 Å². The summed E-state index contributed by atoms with van der Waals surface area (Å²) < 4.78 is 15.6. The van der Waals surface area contributed by atoms with Crippen LogP contribution in [0.1, 0.15) is 23.5 Å². The van der Waals surface area contributed by atoms with Gasteiger partial charge in [0, 0.05) is 17.5 Å². The molecule has 0 fully saturated rings. The van der Waals surface area contributed by atoms with Crippen molar-refractivity contribution in [1.82, 2.24) is 0 Å². The molecule has 114 valence electrons. The molecule has 0 aliphatic carbocycles. The first kappa shape index (κ1) is 14.3. The molecule has 0 spiro atoms. The van der Waals surface area contributed by atoms with E-state index in [1.165, 1.54) is 7.11 Å². The molecule has 0 unspecified atom stereocenters. The van der Waals surface area contributed by atoms with Crippen LogP contribution in [0.4, 0.5) is 0 Å². The number of carbonyl (C=O) groups is 1. The van der Waals surface area contributed by atoms with Crippen molar-refractivity contribution in [1.29, 1.82) is 0 Å². The lowest BCUT2D eigenvalue weighted by Gasteiger charge is -2.25. The molecule has 0 aromatic heterocycles. The molecule has 0 saturated carbocycles. The molecule has 2 aromatic rings. The third-order valence-electron chi connectivity index (χ3n) is 3.80. The number of rotatable bonds is 3. The Kier molecular flexibility index (Phi) is 3.63. The summed E-state index contributed by atoms with van der Waals surface area (Å²) >= 11 is 0. The minimum atomic E-state index is -0.294. The third kappa shape index (κ3) is 2.45. The van der Waals surface area contributed by atoms with E-state index in [1.807, 2.05) is 12.1 Å². The van der Waals surface area contributed by atoms with Gasteiger partial charge in [-0.1, -0.05) is 12.1 Å². The van der Waals surface area contributed by atoms with Crippen LogP contribution < -0.4 is 14.2 Å². The molecule has 1 N–H and O–H groups in total. The maximum atomic E-state index is 11.9. The van der Waals surface area contributed by atoms with Gasteiger partial charge in [0.05, 0.1) is 20.6 Å². The highest BCUT2D eigenvalue weighted by molar-refractivity contribution is 5.78. The van der Waals surface area contributed by atoms with Gasteiger partial charge < -0.3 is 19.3 Å². The van der Waals surface area contributed by atoms with Gasteiger partial charge in [0.2, 0.25) is 0 Å². The monoisotopic (exact) mass is 300 g/mol. The van der Waals surface area contributed by atoms with Crippen molar-refractivity contribution in [3.05, 3.63) is 47.5 Å². The molecule has 1 atom stereocenters. The van der Waals surface area contributed by atoms with E-state index in [1.54, 1.807) is 31.4 Å². The van der Waals surface area contributed by atoms with E-state index < -0.39 is 0 Å². The van der Waals surface area contributed by atoms with Crippen molar-refractivity contribution in [2.75, 3.05) is 14.2 Å². The predicted molar refractivity (Wildman–Crippen MR) is 79.7 cm³/mol. The molecule has 0 amide bonds. The number of esters is 1. The van der Waals surface area contributed by atoms with Gasteiger partial charge in [-0.2, -0.15) is 0 Å². The zero-order valence-corrected chi connectivity index (χ0v) is 12.3. The Labute approximate surface area is 128 Å². The molecule has 0 radical (unpaired) electrons. The second kappa shape index (κ2) is 5.60. The first-order valence-corrected chi connectivity index (χ1v) is 6.88. The fraction of sp³-hybridized carbons (Fsp3) is 0.235. The van der Waals surface area contributed by atoms with Crippen molar-refractivity contribution in [3.63, 3.8) is 0 Å². The van der Waals surface area contributed by atoms with Crippen LogP contribution in [0.15, 0.2) is 36.4 Å². The second-order valence-corrected chi connectivity index (χ2v) is 5.07. The van der Waals surface area contributed by atoms with Crippen molar-refractivity contribution in [2.24, 2.45) is 0 Å². The number of ether oxygens (including phenoxy) is 3. The third-order valence-corrected chi connectivity index (χ3v) is 3.80. The Morgan fingerprint density at radius 2 is 1.95 bits per heavy atom. The van der Waals surface area contributed by atoms with Gasteiger partial charge in [-0.3, -0.25) is 4.79 Å². The minimum absolute atomic E-state index is 0.0691. The summed E-state index contributed by atoms with van der Waals surface area (Å²) in [6.45, 7) is 0. The van der Waals surface area contributed by atoms with Crippen molar-refractivity contribution in [3.8, 4) is 23.0 Å². The van der Waals surface area contributed by atoms with Crippen LogP contribution in [0.2, 0.25) is 0 Å². The highest BCUT2D eigenvalue weighted by Crippen LogP contribution is 2.42. The van der Waals surface area contributed by atoms with Gasteiger partial charge >= 0.3 is 5.97 Å². The average molecular weight is 300 g/mol. The number of benzene rings is 2. The van der Waals surface area contributed by atoms with Crippen LogP contribution >= 0.6 is 0 Å². The minimum Gasteiger partial charge on any atom is -0.504 e. The molecule has 5 heteroatoms. The maximum absolute atomic E-state index is 11.9. The standard InChI is InChI=1S/C17H16O5/c1-20-11-4-5-12-13(9-17(19)22-15(12)8-11)10-3-6-14(18)16(7-10)21-2/h3-8,13,18H,9H2,1-2H3/t13-/m0/s1. The summed E-state index contributed by atoms with van der Waals surface area (Å²) in [7, 11) is 3.06. The lowest BCUT2D eigenvalue weighted by atomic mass is 9.86. The van der Waals surface area contributed by atoms with Gasteiger partial charge in [0.15, 0.2) is 11.5 Å². The molecule has 5 nitrogen and oxygen atoms in total. The number of hydrogen-bond acceptors (Lipinski definition) is 5. The van der Waals surface area contributed by atoms with E-state index in [-0.39, 0.29) is 24.1 Å². The fourth-order valence-electron chi connectivity index (χ4n) is 2.67. The molecule has 2 aromatic carbocycles. The van der Waals surface area contributed by atoms with Crippen LogP contribution in [0.25, 0.3) is 0 Å². The molecule has 1 heterocycles. The molecule has 0 saturated heterocycles. The smallest absolute Gasteiger partial charge is 0.312 e. The lowest BCUT2D eigenvalue weighted by molar-refractivity contribution is -0.135. The Balaban J connectivity index is 2.07. The van der Waals surface area contributed by atoms with Gasteiger partial charge in [-0.25, -0.2) is 0 Å².